The lowest BCUT2D eigenvalue weighted by molar-refractivity contribution is -0.132. The number of piperazine rings is 1. The van der Waals surface area contributed by atoms with E-state index in [4.69, 9.17) is 5.73 Å². The van der Waals surface area contributed by atoms with Gasteiger partial charge in [-0.15, -0.1) is 0 Å². The van der Waals surface area contributed by atoms with Gasteiger partial charge in [0.2, 0.25) is 11.8 Å². The van der Waals surface area contributed by atoms with Crippen molar-refractivity contribution in [2.75, 3.05) is 44.2 Å². The van der Waals surface area contributed by atoms with Crippen LogP contribution in [0, 0.1) is 0 Å². The van der Waals surface area contributed by atoms with Crippen LogP contribution in [0.2, 0.25) is 0 Å². The van der Waals surface area contributed by atoms with Gasteiger partial charge in [0.1, 0.15) is 5.82 Å². The topological polar surface area (TPSA) is 91.6 Å². The minimum Gasteiger partial charge on any atom is -0.353 e. The third-order valence-electron chi connectivity index (χ3n) is 3.29. The first kappa shape index (κ1) is 15.7. The van der Waals surface area contributed by atoms with Gasteiger partial charge in [0.05, 0.1) is 13.1 Å². The largest absolute Gasteiger partial charge is 0.353 e. The Morgan fingerprint density at radius 3 is 2.57 bits per heavy atom. The Morgan fingerprint density at radius 1 is 1.29 bits per heavy atom. The van der Waals surface area contributed by atoms with Gasteiger partial charge < -0.3 is 20.9 Å². The molecule has 0 saturated carbocycles. The molecule has 8 heteroatoms. The maximum atomic E-state index is 11.9. The van der Waals surface area contributed by atoms with Crippen LogP contribution in [-0.2, 0) is 9.59 Å². The Kier molecular flexibility index (Phi) is 5.51. The Labute approximate surface area is 131 Å². The van der Waals surface area contributed by atoms with Crippen LogP contribution >= 0.6 is 15.9 Å². The molecule has 7 nitrogen and oxygen atoms in total. The molecule has 1 aromatic rings. The van der Waals surface area contributed by atoms with Crippen LogP contribution in [0.15, 0.2) is 22.8 Å². The summed E-state index contributed by atoms with van der Waals surface area (Å²) in [5.74, 6) is 0.503. The molecule has 21 heavy (non-hydrogen) atoms. The summed E-state index contributed by atoms with van der Waals surface area (Å²) in [4.78, 5) is 31.2. The standard InChI is InChI=1S/C13H18BrN5O2/c14-10-1-2-11(16-8-10)18-3-5-19(6-4-18)13(21)9-17-12(20)7-15/h1-2,8H,3-7,9,15H2,(H,17,20). The van der Waals surface area contributed by atoms with Crippen molar-refractivity contribution < 1.29 is 9.59 Å². The third-order valence-corrected chi connectivity index (χ3v) is 3.76. The molecule has 0 spiro atoms. The van der Waals surface area contributed by atoms with E-state index in [9.17, 15) is 9.59 Å². The number of carbonyl (C=O) groups is 2. The number of pyridine rings is 1. The summed E-state index contributed by atoms with van der Waals surface area (Å²) < 4.78 is 0.940. The van der Waals surface area contributed by atoms with E-state index in [1.165, 1.54) is 0 Å². The van der Waals surface area contributed by atoms with Crippen molar-refractivity contribution in [3.05, 3.63) is 22.8 Å². The number of hydrogen-bond acceptors (Lipinski definition) is 5. The molecule has 0 atom stereocenters. The number of nitrogens with zero attached hydrogens (tertiary/aromatic N) is 3. The second kappa shape index (κ2) is 7.37. The monoisotopic (exact) mass is 355 g/mol. The molecule has 0 unspecified atom stereocenters. The predicted molar refractivity (Wildman–Crippen MR) is 82.8 cm³/mol. The van der Waals surface area contributed by atoms with Crippen LogP contribution in [0.25, 0.3) is 0 Å². The third kappa shape index (κ3) is 4.40. The van der Waals surface area contributed by atoms with Crippen molar-refractivity contribution in [3.63, 3.8) is 0 Å². The highest BCUT2D eigenvalue weighted by Crippen LogP contribution is 2.16. The normalized spacial score (nSPS) is 15.0. The highest BCUT2D eigenvalue weighted by molar-refractivity contribution is 9.10. The number of amides is 2. The van der Waals surface area contributed by atoms with Crippen LogP contribution in [0.5, 0.6) is 0 Å². The van der Waals surface area contributed by atoms with Crippen LogP contribution in [0.4, 0.5) is 5.82 Å². The van der Waals surface area contributed by atoms with Gasteiger partial charge in [-0.25, -0.2) is 4.98 Å². The summed E-state index contributed by atoms with van der Waals surface area (Å²) >= 11 is 3.36. The highest BCUT2D eigenvalue weighted by Gasteiger charge is 2.21. The molecule has 114 valence electrons. The van der Waals surface area contributed by atoms with Crippen molar-refractivity contribution in [2.24, 2.45) is 5.73 Å². The summed E-state index contributed by atoms with van der Waals surface area (Å²) in [6, 6.07) is 3.89. The molecule has 2 rings (SSSR count). The zero-order chi connectivity index (χ0) is 15.2. The zero-order valence-corrected chi connectivity index (χ0v) is 13.2. The van der Waals surface area contributed by atoms with Gasteiger partial charge in [0.15, 0.2) is 0 Å². The van der Waals surface area contributed by atoms with E-state index in [1.807, 2.05) is 12.1 Å². The molecule has 0 radical (unpaired) electrons. The summed E-state index contributed by atoms with van der Waals surface area (Å²) in [5, 5.41) is 2.49. The molecule has 1 saturated heterocycles. The average molecular weight is 356 g/mol. The van der Waals surface area contributed by atoms with E-state index in [0.717, 1.165) is 23.4 Å². The molecule has 3 N–H and O–H groups in total. The molecule has 1 aliphatic rings. The maximum absolute atomic E-state index is 11.9. The number of rotatable bonds is 4. The van der Waals surface area contributed by atoms with Gasteiger partial charge in [-0.1, -0.05) is 0 Å². The predicted octanol–water partition coefficient (Wildman–Crippen LogP) is -0.432. The Morgan fingerprint density at radius 2 is 2.00 bits per heavy atom. The SMILES string of the molecule is NCC(=O)NCC(=O)N1CCN(c2ccc(Br)cn2)CC1. The molecule has 0 aromatic carbocycles. The van der Waals surface area contributed by atoms with Crippen LogP contribution in [0.1, 0.15) is 0 Å². The molecule has 2 amide bonds. The Balaban J connectivity index is 1.81. The molecular weight excluding hydrogens is 338 g/mol. The van der Waals surface area contributed by atoms with Crippen molar-refractivity contribution in [3.8, 4) is 0 Å². The summed E-state index contributed by atoms with van der Waals surface area (Å²) in [6.07, 6.45) is 1.76. The molecule has 0 bridgehead atoms. The van der Waals surface area contributed by atoms with Gasteiger partial charge in [0, 0.05) is 36.8 Å². The van der Waals surface area contributed by atoms with Crippen molar-refractivity contribution in [1.82, 2.24) is 15.2 Å². The van der Waals surface area contributed by atoms with Gasteiger partial charge >= 0.3 is 0 Å². The minimum absolute atomic E-state index is 0.00651. The molecule has 0 aliphatic carbocycles. The maximum Gasteiger partial charge on any atom is 0.242 e. The van der Waals surface area contributed by atoms with Gasteiger partial charge in [-0.3, -0.25) is 9.59 Å². The summed E-state index contributed by atoms with van der Waals surface area (Å²) in [7, 11) is 0. The highest BCUT2D eigenvalue weighted by atomic mass is 79.9. The number of anilines is 1. The van der Waals surface area contributed by atoms with Gasteiger partial charge in [-0.2, -0.15) is 0 Å². The van der Waals surface area contributed by atoms with E-state index in [0.29, 0.717) is 13.1 Å². The second-order valence-corrected chi connectivity index (χ2v) is 5.60. The molecule has 1 aliphatic heterocycles. The smallest absolute Gasteiger partial charge is 0.242 e. The minimum atomic E-state index is -0.318. The van der Waals surface area contributed by atoms with Gasteiger partial charge in [0.25, 0.3) is 0 Å². The van der Waals surface area contributed by atoms with Crippen molar-refractivity contribution in [1.29, 1.82) is 0 Å². The zero-order valence-electron chi connectivity index (χ0n) is 11.6. The number of nitrogens with two attached hydrogens (primary N) is 1. The van der Waals surface area contributed by atoms with Crippen molar-refractivity contribution >= 4 is 33.6 Å². The number of carbonyl (C=O) groups excluding carboxylic acids is 2. The van der Waals surface area contributed by atoms with Crippen LogP contribution < -0.4 is 16.0 Å². The van der Waals surface area contributed by atoms with E-state index in [1.54, 1.807) is 11.1 Å². The molecular formula is C13H18BrN5O2. The Hall–Kier alpha value is -1.67. The molecule has 1 aromatic heterocycles. The number of aromatic nitrogens is 1. The van der Waals surface area contributed by atoms with E-state index >= 15 is 0 Å². The van der Waals surface area contributed by atoms with E-state index in [-0.39, 0.29) is 24.9 Å². The fraction of sp³-hybridized carbons (Fsp3) is 0.462. The lowest BCUT2D eigenvalue weighted by Gasteiger charge is -2.35. The fourth-order valence-corrected chi connectivity index (χ4v) is 2.33. The first-order chi connectivity index (χ1) is 10.1. The lowest BCUT2D eigenvalue weighted by atomic mass is 10.3. The van der Waals surface area contributed by atoms with E-state index < -0.39 is 0 Å². The first-order valence-corrected chi connectivity index (χ1v) is 7.50. The number of halogens is 1. The quantitative estimate of drug-likeness (QED) is 0.764. The number of nitrogens with one attached hydrogen (secondary N) is 1. The van der Waals surface area contributed by atoms with Crippen LogP contribution in [0.3, 0.4) is 0 Å². The lowest BCUT2D eigenvalue weighted by Crippen LogP contribution is -2.51. The average Bonchev–Trinajstić information content (AvgIpc) is 2.53. The van der Waals surface area contributed by atoms with Gasteiger partial charge in [-0.05, 0) is 28.1 Å². The second-order valence-electron chi connectivity index (χ2n) is 4.68. The molecule has 1 fully saturated rings. The first-order valence-electron chi connectivity index (χ1n) is 6.71. The fourth-order valence-electron chi connectivity index (χ4n) is 2.10. The summed E-state index contributed by atoms with van der Waals surface area (Å²) in [5.41, 5.74) is 5.18. The van der Waals surface area contributed by atoms with Crippen LogP contribution in [-0.4, -0.2) is 61.0 Å². The van der Waals surface area contributed by atoms with E-state index in [2.05, 4.69) is 31.1 Å². The Bertz CT molecular complexity index is 500. The molecule has 2 heterocycles. The summed E-state index contributed by atoms with van der Waals surface area (Å²) in [6.45, 7) is 2.60. The number of hydrogen-bond donors (Lipinski definition) is 2. The van der Waals surface area contributed by atoms with Crippen molar-refractivity contribution in [2.45, 2.75) is 0 Å².